The second-order valence-corrected chi connectivity index (χ2v) is 3.73. The van der Waals surface area contributed by atoms with Crippen LogP contribution in [0.3, 0.4) is 0 Å². The highest BCUT2D eigenvalue weighted by Gasteiger charge is 1.97. The lowest BCUT2D eigenvalue weighted by Crippen LogP contribution is -1.98. The van der Waals surface area contributed by atoms with Gasteiger partial charge in [0.05, 0.1) is 6.61 Å². The molecule has 0 amide bonds. The summed E-state index contributed by atoms with van der Waals surface area (Å²) in [5.41, 5.74) is 2.24. The Kier molecular flexibility index (Phi) is 5.79. The van der Waals surface area contributed by atoms with Crippen molar-refractivity contribution in [1.82, 2.24) is 0 Å². The predicted octanol–water partition coefficient (Wildman–Crippen LogP) is 3.91. The van der Waals surface area contributed by atoms with Gasteiger partial charge < -0.3 is 4.74 Å². The zero-order valence-electron chi connectivity index (χ0n) is 9.54. The van der Waals surface area contributed by atoms with Crippen molar-refractivity contribution in [2.75, 3.05) is 13.2 Å². The summed E-state index contributed by atoms with van der Waals surface area (Å²) in [6, 6.07) is 10.2. The van der Waals surface area contributed by atoms with Gasteiger partial charge in [-0.15, -0.1) is 0 Å². The fourth-order valence-electron chi connectivity index (χ4n) is 1.41. The summed E-state index contributed by atoms with van der Waals surface area (Å²) >= 11 is 0. The summed E-state index contributed by atoms with van der Waals surface area (Å²) in [5.74, 6) is 0. The van der Waals surface area contributed by atoms with Crippen LogP contribution in [0.4, 0.5) is 0 Å². The number of hydrogen-bond donors (Lipinski definition) is 0. The van der Waals surface area contributed by atoms with E-state index in [0.29, 0.717) is 6.61 Å². The monoisotopic (exact) mass is 204 g/mol. The molecule has 0 unspecified atom stereocenters. The van der Waals surface area contributed by atoms with E-state index in [1.54, 1.807) is 0 Å². The second kappa shape index (κ2) is 7.24. The topological polar surface area (TPSA) is 9.23 Å². The van der Waals surface area contributed by atoms with Gasteiger partial charge in [0.2, 0.25) is 0 Å². The van der Waals surface area contributed by atoms with Crippen LogP contribution in [0.25, 0.3) is 5.57 Å². The molecule has 0 fully saturated rings. The smallest absolute Gasteiger partial charge is 0.0716 e. The van der Waals surface area contributed by atoms with Gasteiger partial charge >= 0.3 is 0 Å². The summed E-state index contributed by atoms with van der Waals surface area (Å²) < 4.78 is 5.55. The van der Waals surface area contributed by atoms with Gasteiger partial charge in [0, 0.05) is 6.61 Å². The molecular weight excluding hydrogens is 184 g/mol. The number of benzene rings is 1. The minimum atomic E-state index is 0.647. The molecule has 0 N–H and O–H groups in total. The first-order valence-corrected chi connectivity index (χ1v) is 5.65. The molecule has 0 aromatic heterocycles. The van der Waals surface area contributed by atoms with Crippen molar-refractivity contribution in [2.45, 2.75) is 26.2 Å². The predicted molar refractivity (Wildman–Crippen MR) is 65.8 cm³/mol. The molecule has 15 heavy (non-hydrogen) atoms. The molecule has 0 aliphatic rings. The average Bonchev–Trinajstić information content (AvgIpc) is 2.30. The lowest BCUT2D eigenvalue weighted by atomic mass is 10.1. The van der Waals surface area contributed by atoms with Crippen molar-refractivity contribution in [1.29, 1.82) is 0 Å². The number of unbranched alkanes of at least 4 members (excludes halogenated alkanes) is 2. The molecule has 0 saturated heterocycles. The number of hydrogen-bond acceptors (Lipinski definition) is 1. The Morgan fingerprint density at radius 1 is 1.20 bits per heavy atom. The molecule has 1 aromatic carbocycles. The third kappa shape index (κ3) is 4.80. The first kappa shape index (κ1) is 12.0. The van der Waals surface area contributed by atoms with Crippen molar-refractivity contribution >= 4 is 5.57 Å². The largest absolute Gasteiger partial charge is 0.377 e. The summed E-state index contributed by atoms with van der Waals surface area (Å²) in [5, 5.41) is 0. The van der Waals surface area contributed by atoms with Gasteiger partial charge in [-0.3, -0.25) is 0 Å². The maximum Gasteiger partial charge on any atom is 0.0716 e. The van der Waals surface area contributed by atoms with Crippen LogP contribution in [-0.2, 0) is 4.74 Å². The standard InChI is InChI=1S/C14H20O/c1-3-4-8-11-15-12-13(2)14-9-6-5-7-10-14/h5-7,9-10H,2-4,8,11-12H2,1H3. The van der Waals surface area contributed by atoms with E-state index in [1.165, 1.54) is 18.4 Å². The molecule has 0 spiro atoms. The van der Waals surface area contributed by atoms with E-state index in [9.17, 15) is 0 Å². The van der Waals surface area contributed by atoms with Crippen LogP contribution in [0.1, 0.15) is 31.7 Å². The molecule has 0 bridgehead atoms. The van der Waals surface area contributed by atoms with Crippen molar-refractivity contribution < 1.29 is 4.74 Å². The normalized spacial score (nSPS) is 10.2. The second-order valence-electron chi connectivity index (χ2n) is 3.73. The van der Waals surface area contributed by atoms with Crippen LogP contribution in [0.5, 0.6) is 0 Å². The highest BCUT2D eigenvalue weighted by molar-refractivity contribution is 5.63. The maximum atomic E-state index is 5.55. The summed E-state index contributed by atoms with van der Waals surface area (Å²) in [7, 11) is 0. The Bertz CT molecular complexity index is 277. The van der Waals surface area contributed by atoms with E-state index in [4.69, 9.17) is 4.74 Å². The van der Waals surface area contributed by atoms with Gasteiger partial charge in [-0.25, -0.2) is 0 Å². The lowest BCUT2D eigenvalue weighted by molar-refractivity contribution is 0.162. The van der Waals surface area contributed by atoms with E-state index in [1.807, 2.05) is 18.2 Å². The van der Waals surface area contributed by atoms with Crippen molar-refractivity contribution in [2.24, 2.45) is 0 Å². The third-order valence-electron chi connectivity index (χ3n) is 2.35. The fraction of sp³-hybridized carbons (Fsp3) is 0.429. The van der Waals surface area contributed by atoms with Crippen molar-refractivity contribution in [3.63, 3.8) is 0 Å². The summed E-state index contributed by atoms with van der Waals surface area (Å²) in [6.07, 6.45) is 3.64. The highest BCUT2D eigenvalue weighted by atomic mass is 16.5. The first-order valence-electron chi connectivity index (χ1n) is 5.65. The minimum absolute atomic E-state index is 0.647. The van der Waals surface area contributed by atoms with Gasteiger partial charge in [-0.05, 0) is 17.6 Å². The minimum Gasteiger partial charge on any atom is -0.377 e. The summed E-state index contributed by atoms with van der Waals surface area (Å²) in [6.45, 7) is 7.71. The van der Waals surface area contributed by atoms with E-state index >= 15 is 0 Å². The van der Waals surface area contributed by atoms with Crippen molar-refractivity contribution in [3.8, 4) is 0 Å². The van der Waals surface area contributed by atoms with Gasteiger partial charge in [0.15, 0.2) is 0 Å². The van der Waals surface area contributed by atoms with Gasteiger partial charge in [-0.2, -0.15) is 0 Å². The maximum absolute atomic E-state index is 5.55. The third-order valence-corrected chi connectivity index (χ3v) is 2.35. The molecular formula is C14H20O. The van der Waals surface area contributed by atoms with Crippen LogP contribution in [0, 0.1) is 0 Å². The first-order chi connectivity index (χ1) is 7.34. The fourth-order valence-corrected chi connectivity index (χ4v) is 1.41. The van der Waals surface area contributed by atoms with E-state index in [2.05, 4.69) is 25.6 Å². The lowest BCUT2D eigenvalue weighted by Gasteiger charge is -2.06. The van der Waals surface area contributed by atoms with Gasteiger partial charge in [0.25, 0.3) is 0 Å². The Balaban J connectivity index is 2.20. The van der Waals surface area contributed by atoms with Crippen LogP contribution in [0.2, 0.25) is 0 Å². The molecule has 0 aliphatic carbocycles. The summed E-state index contributed by atoms with van der Waals surface area (Å²) in [4.78, 5) is 0. The number of rotatable bonds is 7. The molecule has 0 atom stereocenters. The Morgan fingerprint density at radius 2 is 1.93 bits per heavy atom. The Morgan fingerprint density at radius 3 is 2.60 bits per heavy atom. The van der Waals surface area contributed by atoms with Gasteiger partial charge in [-0.1, -0.05) is 56.7 Å². The van der Waals surface area contributed by atoms with E-state index in [-0.39, 0.29) is 0 Å². The molecule has 0 heterocycles. The molecule has 1 rings (SSSR count). The molecule has 0 saturated carbocycles. The van der Waals surface area contributed by atoms with Crippen LogP contribution < -0.4 is 0 Å². The quantitative estimate of drug-likeness (QED) is 0.612. The van der Waals surface area contributed by atoms with Gasteiger partial charge in [0.1, 0.15) is 0 Å². The van der Waals surface area contributed by atoms with E-state index < -0.39 is 0 Å². The molecule has 1 aromatic rings. The molecule has 0 radical (unpaired) electrons. The Labute approximate surface area is 92.8 Å². The highest BCUT2D eigenvalue weighted by Crippen LogP contribution is 2.11. The molecule has 1 nitrogen and oxygen atoms in total. The van der Waals surface area contributed by atoms with Crippen LogP contribution in [0.15, 0.2) is 36.9 Å². The molecule has 0 aliphatic heterocycles. The van der Waals surface area contributed by atoms with Crippen LogP contribution in [-0.4, -0.2) is 13.2 Å². The van der Waals surface area contributed by atoms with Crippen molar-refractivity contribution in [3.05, 3.63) is 42.5 Å². The molecule has 1 heteroatoms. The zero-order chi connectivity index (χ0) is 10.9. The average molecular weight is 204 g/mol. The number of ether oxygens (including phenoxy) is 1. The van der Waals surface area contributed by atoms with Crippen LogP contribution >= 0.6 is 0 Å². The van der Waals surface area contributed by atoms with E-state index in [0.717, 1.165) is 18.6 Å². The molecule has 82 valence electrons. The zero-order valence-corrected chi connectivity index (χ0v) is 9.54. The Hall–Kier alpha value is -1.08. The SMILES string of the molecule is C=C(COCCCCC)c1ccccc1.